The average molecular weight is 337 g/mol. The number of rotatable bonds is 6. The van der Waals surface area contributed by atoms with Crippen LogP contribution in [-0.2, 0) is 0 Å². The number of hydrogen-bond donors (Lipinski definition) is 2. The topological polar surface area (TPSA) is 88.3 Å². The van der Waals surface area contributed by atoms with Crippen LogP contribution in [0.1, 0.15) is 35.6 Å². The van der Waals surface area contributed by atoms with Gasteiger partial charge in [-0.15, -0.1) is 0 Å². The van der Waals surface area contributed by atoms with E-state index in [1.807, 2.05) is 37.3 Å². The smallest absolute Gasteiger partial charge is 0.254 e. The molecule has 6 nitrogen and oxygen atoms in total. The molecule has 3 aromatic rings. The fourth-order valence-electron chi connectivity index (χ4n) is 2.48. The van der Waals surface area contributed by atoms with Crippen molar-refractivity contribution < 1.29 is 14.3 Å². The van der Waals surface area contributed by atoms with Crippen LogP contribution >= 0.6 is 0 Å². The maximum Gasteiger partial charge on any atom is 0.254 e. The first-order valence-electron chi connectivity index (χ1n) is 8.03. The number of nitrogens with one attached hydrogen (secondary N) is 1. The summed E-state index contributed by atoms with van der Waals surface area (Å²) in [7, 11) is 0. The van der Waals surface area contributed by atoms with E-state index >= 15 is 0 Å². The summed E-state index contributed by atoms with van der Waals surface area (Å²) in [6, 6.07) is 12.7. The number of nitrogens with zero attached hydrogens (tertiary/aromatic N) is 2. The van der Waals surface area contributed by atoms with Crippen LogP contribution in [-0.4, -0.2) is 27.0 Å². The van der Waals surface area contributed by atoms with Crippen molar-refractivity contribution in [2.75, 3.05) is 0 Å². The first-order valence-corrected chi connectivity index (χ1v) is 8.03. The Morgan fingerprint density at radius 3 is 2.52 bits per heavy atom. The zero-order valence-electron chi connectivity index (χ0n) is 13.8. The van der Waals surface area contributed by atoms with E-state index in [0.29, 0.717) is 23.6 Å². The van der Waals surface area contributed by atoms with E-state index in [1.165, 1.54) is 18.7 Å². The Bertz CT molecular complexity index is 802. The lowest BCUT2D eigenvalue weighted by Gasteiger charge is -2.16. The van der Waals surface area contributed by atoms with Crippen LogP contribution in [0.3, 0.4) is 0 Å². The van der Waals surface area contributed by atoms with Gasteiger partial charge in [0.15, 0.2) is 5.82 Å². The predicted molar refractivity (Wildman–Crippen MR) is 92.7 cm³/mol. The molecule has 128 valence electrons. The Morgan fingerprint density at radius 1 is 1.16 bits per heavy atom. The first-order chi connectivity index (χ1) is 12.1. The lowest BCUT2D eigenvalue weighted by atomic mass is 10.1. The Morgan fingerprint density at radius 2 is 1.88 bits per heavy atom. The number of benzene rings is 1. The Hall–Kier alpha value is -2.99. The van der Waals surface area contributed by atoms with Gasteiger partial charge in [-0.25, -0.2) is 9.97 Å². The van der Waals surface area contributed by atoms with Crippen LogP contribution in [0.4, 0.5) is 0 Å². The van der Waals surface area contributed by atoms with Crippen molar-refractivity contribution in [3.05, 3.63) is 72.4 Å². The molecule has 0 fully saturated rings. The van der Waals surface area contributed by atoms with Crippen molar-refractivity contribution >= 4 is 5.91 Å². The van der Waals surface area contributed by atoms with Crippen molar-refractivity contribution in [3.8, 4) is 11.4 Å². The summed E-state index contributed by atoms with van der Waals surface area (Å²) >= 11 is 0. The summed E-state index contributed by atoms with van der Waals surface area (Å²) in [4.78, 5) is 20.8. The third-order valence-electron chi connectivity index (χ3n) is 3.77. The van der Waals surface area contributed by atoms with Gasteiger partial charge in [0.2, 0.25) is 0 Å². The zero-order valence-corrected chi connectivity index (χ0v) is 13.8. The fraction of sp³-hybridized carbons (Fsp3) is 0.211. The second-order valence-corrected chi connectivity index (χ2v) is 5.80. The summed E-state index contributed by atoms with van der Waals surface area (Å²) in [5.41, 5.74) is 1.27. The number of amides is 1. The van der Waals surface area contributed by atoms with Gasteiger partial charge in [0.1, 0.15) is 11.9 Å². The molecule has 6 heteroatoms. The molecule has 0 aliphatic rings. The van der Waals surface area contributed by atoms with Gasteiger partial charge in [0.05, 0.1) is 11.8 Å². The van der Waals surface area contributed by atoms with E-state index in [-0.39, 0.29) is 11.9 Å². The highest BCUT2D eigenvalue weighted by Crippen LogP contribution is 2.18. The van der Waals surface area contributed by atoms with E-state index in [9.17, 15) is 9.90 Å². The average Bonchev–Trinajstić information content (AvgIpc) is 3.17. The number of aliphatic hydroxyl groups excluding tert-OH is 1. The Labute approximate surface area is 145 Å². The number of furan rings is 1. The largest absolute Gasteiger partial charge is 0.467 e. The van der Waals surface area contributed by atoms with E-state index in [4.69, 9.17) is 4.42 Å². The molecule has 2 heterocycles. The molecule has 3 rings (SSSR count). The summed E-state index contributed by atoms with van der Waals surface area (Å²) in [5, 5.41) is 12.9. The highest BCUT2D eigenvalue weighted by molar-refractivity contribution is 5.93. The van der Waals surface area contributed by atoms with Crippen LogP contribution in [0.5, 0.6) is 0 Å². The van der Waals surface area contributed by atoms with Crippen LogP contribution < -0.4 is 5.32 Å². The van der Waals surface area contributed by atoms with Crippen LogP contribution in [0.15, 0.2) is 65.5 Å². The standard InChI is InChI=1S/C19H19N3O3/c1-13(10-16(23)17-8-5-9-25-17)22-19(24)15-11-20-18(21-12-15)14-6-3-2-4-7-14/h2-9,11-13,16,23H,10H2,1H3,(H,22,24). The molecule has 2 aromatic heterocycles. The zero-order chi connectivity index (χ0) is 17.6. The van der Waals surface area contributed by atoms with Crippen molar-refractivity contribution in [2.24, 2.45) is 0 Å². The lowest BCUT2D eigenvalue weighted by Crippen LogP contribution is -2.33. The molecule has 0 spiro atoms. The van der Waals surface area contributed by atoms with E-state index < -0.39 is 6.10 Å². The molecular weight excluding hydrogens is 318 g/mol. The van der Waals surface area contributed by atoms with Crippen molar-refractivity contribution in [2.45, 2.75) is 25.5 Å². The Balaban J connectivity index is 1.59. The Kier molecular flexibility index (Phi) is 5.20. The molecule has 2 N–H and O–H groups in total. The third kappa shape index (κ3) is 4.30. The molecule has 1 amide bonds. The van der Waals surface area contributed by atoms with Gasteiger partial charge in [-0.3, -0.25) is 4.79 Å². The van der Waals surface area contributed by atoms with Crippen LogP contribution in [0.2, 0.25) is 0 Å². The highest BCUT2D eigenvalue weighted by atomic mass is 16.4. The quantitative estimate of drug-likeness (QED) is 0.722. The normalized spacial score (nSPS) is 13.2. The molecule has 1 aromatic carbocycles. The molecule has 2 unspecified atom stereocenters. The van der Waals surface area contributed by atoms with Gasteiger partial charge in [-0.1, -0.05) is 30.3 Å². The molecule has 0 aliphatic heterocycles. The van der Waals surface area contributed by atoms with Gasteiger partial charge in [-0.2, -0.15) is 0 Å². The molecule has 25 heavy (non-hydrogen) atoms. The third-order valence-corrected chi connectivity index (χ3v) is 3.77. The summed E-state index contributed by atoms with van der Waals surface area (Å²) in [6.07, 6.45) is 4.10. The maximum absolute atomic E-state index is 12.3. The van der Waals surface area contributed by atoms with E-state index in [2.05, 4.69) is 15.3 Å². The molecule has 0 saturated carbocycles. The van der Waals surface area contributed by atoms with E-state index in [0.717, 1.165) is 5.56 Å². The minimum Gasteiger partial charge on any atom is -0.467 e. The fourth-order valence-corrected chi connectivity index (χ4v) is 2.48. The monoisotopic (exact) mass is 337 g/mol. The number of hydrogen-bond acceptors (Lipinski definition) is 5. The maximum atomic E-state index is 12.3. The molecule has 2 atom stereocenters. The van der Waals surface area contributed by atoms with Gasteiger partial charge in [0, 0.05) is 30.4 Å². The summed E-state index contributed by atoms with van der Waals surface area (Å²) < 4.78 is 5.16. The molecule has 0 saturated heterocycles. The highest BCUT2D eigenvalue weighted by Gasteiger charge is 2.17. The van der Waals surface area contributed by atoms with Crippen LogP contribution in [0.25, 0.3) is 11.4 Å². The van der Waals surface area contributed by atoms with Crippen LogP contribution in [0, 0.1) is 0 Å². The number of aliphatic hydroxyl groups is 1. The summed E-state index contributed by atoms with van der Waals surface area (Å²) in [5.74, 6) is 0.772. The summed E-state index contributed by atoms with van der Waals surface area (Å²) in [6.45, 7) is 1.82. The second kappa shape index (κ2) is 7.72. The van der Waals surface area contributed by atoms with Crippen molar-refractivity contribution in [1.82, 2.24) is 15.3 Å². The van der Waals surface area contributed by atoms with Gasteiger partial charge >= 0.3 is 0 Å². The number of carbonyl (C=O) groups excluding carboxylic acids is 1. The second-order valence-electron chi connectivity index (χ2n) is 5.80. The van der Waals surface area contributed by atoms with Crippen molar-refractivity contribution in [3.63, 3.8) is 0 Å². The SMILES string of the molecule is CC(CC(O)c1ccco1)NC(=O)c1cnc(-c2ccccc2)nc1. The molecule has 0 aliphatic carbocycles. The van der Waals surface area contributed by atoms with Gasteiger partial charge in [0.25, 0.3) is 5.91 Å². The van der Waals surface area contributed by atoms with Crippen molar-refractivity contribution in [1.29, 1.82) is 0 Å². The van der Waals surface area contributed by atoms with Gasteiger partial charge < -0.3 is 14.8 Å². The first kappa shape index (κ1) is 16.9. The lowest BCUT2D eigenvalue weighted by molar-refractivity contribution is 0.0902. The molecule has 0 bridgehead atoms. The minimum absolute atomic E-state index is 0.235. The number of carbonyl (C=O) groups is 1. The van der Waals surface area contributed by atoms with Gasteiger partial charge in [-0.05, 0) is 19.1 Å². The minimum atomic E-state index is -0.762. The molecule has 0 radical (unpaired) electrons. The van der Waals surface area contributed by atoms with E-state index in [1.54, 1.807) is 12.1 Å². The molecular formula is C19H19N3O3. The number of aromatic nitrogens is 2. The predicted octanol–water partition coefficient (Wildman–Crippen LogP) is 2.98.